The van der Waals surface area contributed by atoms with Gasteiger partial charge in [-0.3, -0.25) is 0 Å². The minimum atomic E-state index is 0.375. The number of rotatable bonds is 0. The van der Waals surface area contributed by atoms with E-state index in [4.69, 9.17) is 4.74 Å². The fourth-order valence-electron chi connectivity index (χ4n) is 0.870. The Balaban J connectivity index is 2.38. The van der Waals surface area contributed by atoms with Gasteiger partial charge >= 0.3 is 0 Å². The van der Waals surface area contributed by atoms with Crippen LogP contribution in [0.15, 0.2) is 23.8 Å². The van der Waals surface area contributed by atoms with Crippen molar-refractivity contribution in [1.82, 2.24) is 0 Å². The molecule has 1 heterocycles. The third-order valence-corrected chi connectivity index (χ3v) is 1.39. The van der Waals surface area contributed by atoms with E-state index in [9.17, 15) is 0 Å². The highest BCUT2D eigenvalue weighted by Gasteiger charge is 2.20. The van der Waals surface area contributed by atoms with Crippen molar-refractivity contribution >= 4 is 0 Å². The van der Waals surface area contributed by atoms with Crippen LogP contribution in [0.1, 0.15) is 0 Å². The molecular weight excluding hydrogens is 88.1 g/mol. The van der Waals surface area contributed by atoms with Crippen LogP contribution in [-0.2, 0) is 4.74 Å². The van der Waals surface area contributed by atoms with Crippen LogP contribution < -0.4 is 0 Å². The second kappa shape index (κ2) is 0.984. The lowest BCUT2D eigenvalue weighted by Crippen LogP contribution is -2.11. The zero-order valence-corrected chi connectivity index (χ0v) is 3.92. The summed E-state index contributed by atoms with van der Waals surface area (Å²) < 4.78 is 5.17. The van der Waals surface area contributed by atoms with Gasteiger partial charge in [0.1, 0.15) is 6.10 Å². The predicted octanol–water partition coefficient (Wildman–Crippen LogP) is 0.881. The maximum Gasteiger partial charge on any atom is 0.101 e. The molecule has 36 valence electrons. The van der Waals surface area contributed by atoms with Crippen LogP contribution in [0, 0.1) is 0 Å². The lowest BCUT2D eigenvalue weighted by atomic mass is 10.0. The maximum atomic E-state index is 5.17. The summed E-state index contributed by atoms with van der Waals surface area (Å²) in [5.41, 5.74) is 1.36. The zero-order valence-electron chi connectivity index (χ0n) is 3.92. The second-order valence-corrected chi connectivity index (χ2v) is 1.82. The summed E-state index contributed by atoms with van der Waals surface area (Å²) in [5, 5.41) is 0. The van der Waals surface area contributed by atoms with Gasteiger partial charge in [0.2, 0.25) is 0 Å². The normalized spacial score (nSPS) is 34.3. The quantitative estimate of drug-likeness (QED) is 0.433. The molecule has 0 aromatic rings. The molecule has 1 aliphatic carbocycles. The van der Waals surface area contributed by atoms with Crippen molar-refractivity contribution in [3.63, 3.8) is 0 Å². The van der Waals surface area contributed by atoms with E-state index in [0.29, 0.717) is 6.10 Å². The number of fused-ring (bicyclic) bond motifs is 1. The highest BCUT2D eigenvalue weighted by Crippen LogP contribution is 2.24. The summed E-state index contributed by atoms with van der Waals surface area (Å²) in [7, 11) is 0. The van der Waals surface area contributed by atoms with E-state index < -0.39 is 0 Å². The lowest BCUT2D eigenvalue weighted by Gasteiger charge is -2.13. The van der Waals surface area contributed by atoms with E-state index in [1.54, 1.807) is 0 Å². The Morgan fingerprint density at radius 2 is 2.71 bits per heavy atom. The monoisotopic (exact) mass is 94.0 g/mol. The van der Waals surface area contributed by atoms with Gasteiger partial charge in [0, 0.05) is 0 Å². The van der Waals surface area contributed by atoms with Crippen molar-refractivity contribution in [3.8, 4) is 0 Å². The molecule has 0 bridgehead atoms. The molecule has 2 aliphatic rings. The van der Waals surface area contributed by atoms with Crippen molar-refractivity contribution in [1.29, 1.82) is 0 Å². The standard InChI is InChI=1S/C6H6O/c1-2-6-5(1)3-4-7-6/h1-3,6H,4H2. The van der Waals surface area contributed by atoms with E-state index in [0.717, 1.165) is 6.61 Å². The van der Waals surface area contributed by atoms with Crippen LogP contribution in [0.5, 0.6) is 0 Å². The minimum absolute atomic E-state index is 0.375. The average molecular weight is 94.1 g/mol. The van der Waals surface area contributed by atoms with Crippen molar-refractivity contribution in [2.45, 2.75) is 6.10 Å². The summed E-state index contributed by atoms with van der Waals surface area (Å²) in [6.45, 7) is 0.812. The smallest absolute Gasteiger partial charge is 0.101 e. The Bertz CT molecular complexity index is 144. The van der Waals surface area contributed by atoms with E-state index in [1.807, 2.05) is 0 Å². The van der Waals surface area contributed by atoms with E-state index in [1.165, 1.54) is 5.57 Å². The molecule has 1 aliphatic heterocycles. The van der Waals surface area contributed by atoms with Crippen molar-refractivity contribution in [2.24, 2.45) is 0 Å². The molecule has 0 spiro atoms. The molecule has 7 heavy (non-hydrogen) atoms. The van der Waals surface area contributed by atoms with Gasteiger partial charge in [-0.05, 0) is 5.57 Å². The van der Waals surface area contributed by atoms with Crippen LogP contribution in [0.3, 0.4) is 0 Å². The topological polar surface area (TPSA) is 9.23 Å². The lowest BCUT2D eigenvalue weighted by molar-refractivity contribution is 0.151. The Morgan fingerprint density at radius 1 is 1.71 bits per heavy atom. The van der Waals surface area contributed by atoms with Gasteiger partial charge in [0.15, 0.2) is 0 Å². The molecule has 2 rings (SSSR count). The van der Waals surface area contributed by atoms with E-state index >= 15 is 0 Å². The molecule has 0 N–H and O–H groups in total. The number of hydrogen-bond donors (Lipinski definition) is 0. The molecule has 0 fully saturated rings. The second-order valence-electron chi connectivity index (χ2n) is 1.82. The first-order chi connectivity index (χ1) is 3.47. The van der Waals surface area contributed by atoms with Crippen molar-refractivity contribution in [3.05, 3.63) is 23.8 Å². The highest BCUT2D eigenvalue weighted by atomic mass is 16.5. The fraction of sp³-hybridized carbons (Fsp3) is 0.333. The van der Waals surface area contributed by atoms with Crippen LogP contribution in [0.4, 0.5) is 0 Å². The van der Waals surface area contributed by atoms with Crippen LogP contribution >= 0.6 is 0 Å². The van der Waals surface area contributed by atoms with Gasteiger partial charge in [-0.2, -0.15) is 0 Å². The summed E-state index contributed by atoms with van der Waals surface area (Å²) in [4.78, 5) is 0. The first kappa shape index (κ1) is 3.44. The van der Waals surface area contributed by atoms with E-state index in [2.05, 4.69) is 18.2 Å². The van der Waals surface area contributed by atoms with Gasteiger partial charge in [-0.1, -0.05) is 18.2 Å². The molecule has 0 amide bonds. The Hall–Kier alpha value is -0.560. The number of hydrogen-bond acceptors (Lipinski definition) is 1. The van der Waals surface area contributed by atoms with Gasteiger partial charge in [-0.15, -0.1) is 0 Å². The molecule has 0 saturated heterocycles. The maximum absolute atomic E-state index is 5.17. The Labute approximate surface area is 42.3 Å². The average Bonchev–Trinajstić information content (AvgIpc) is 1.85. The van der Waals surface area contributed by atoms with Gasteiger partial charge < -0.3 is 4.74 Å². The number of ether oxygens (including phenoxy) is 1. The molecule has 1 atom stereocenters. The molecule has 0 aromatic carbocycles. The molecule has 1 nitrogen and oxygen atoms in total. The summed E-state index contributed by atoms with van der Waals surface area (Å²) in [6, 6.07) is 0. The van der Waals surface area contributed by atoms with E-state index in [-0.39, 0.29) is 0 Å². The first-order valence-corrected chi connectivity index (χ1v) is 2.47. The third kappa shape index (κ3) is 0.309. The summed E-state index contributed by atoms with van der Waals surface area (Å²) in [5.74, 6) is 0. The summed E-state index contributed by atoms with van der Waals surface area (Å²) in [6.07, 6.45) is 6.65. The highest BCUT2D eigenvalue weighted by molar-refractivity contribution is 5.40. The molecule has 0 aromatic heterocycles. The molecular formula is C6H6O. The van der Waals surface area contributed by atoms with Gasteiger partial charge in [-0.25, -0.2) is 0 Å². The molecule has 1 unspecified atom stereocenters. The van der Waals surface area contributed by atoms with Gasteiger partial charge in [0.05, 0.1) is 6.61 Å². The van der Waals surface area contributed by atoms with Crippen molar-refractivity contribution in [2.75, 3.05) is 6.61 Å². The van der Waals surface area contributed by atoms with Crippen LogP contribution in [0.2, 0.25) is 0 Å². The Kier molecular flexibility index (Phi) is 0.484. The van der Waals surface area contributed by atoms with Gasteiger partial charge in [0.25, 0.3) is 0 Å². The zero-order chi connectivity index (χ0) is 4.69. The summed E-state index contributed by atoms with van der Waals surface area (Å²) >= 11 is 0. The third-order valence-electron chi connectivity index (χ3n) is 1.39. The fourth-order valence-corrected chi connectivity index (χ4v) is 0.870. The first-order valence-electron chi connectivity index (χ1n) is 2.47. The van der Waals surface area contributed by atoms with Crippen LogP contribution in [-0.4, -0.2) is 12.7 Å². The predicted molar refractivity (Wildman–Crippen MR) is 27.0 cm³/mol. The minimum Gasteiger partial charge on any atom is -0.365 e. The van der Waals surface area contributed by atoms with Crippen LogP contribution in [0.25, 0.3) is 0 Å². The molecule has 0 radical (unpaired) electrons. The SMILES string of the molecule is C1=CC2OCC=C12. The largest absolute Gasteiger partial charge is 0.365 e. The molecule has 1 heteroatoms. The molecule has 0 saturated carbocycles. The van der Waals surface area contributed by atoms with Crippen molar-refractivity contribution < 1.29 is 4.74 Å². The Morgan fingerprint density at radius 3 is 3.00 bits per heavy atom.